The van der Waals surface area contributed by atoms with E-state index in [1.54, 1.807) is 30.7 Å². The fourth-order valence-corrected chi connectivity index (χ4v) is 2.86. The molecule has 0 atom stereocenters. The van der Waals surface area contributed by atoms with Crippen LogP contribution in [0.5, 0.6) is 5.75 Å². The van der Waals surface area contributed by atoms with Crippen molar-refractivity contribution in [3.8, 4) is 5.75 Å². The third kappa shape index (κ3) is 5.38. The first-order chi connectivity index (χ1) is 13.4. The molecule has 1 aliphatic rings. The van der Waals surface area contributed by atoms with Crippen LogP contribution in [0.4, 0.5) is 18.9 Å². The predicted octanol–water partition coefficient (Wildman–Crippen LogP) is 3.81. The van der Waals surface area contributed by atoms with E-state index in [9.17, 15) is 13.2 Å². The molecule has 0 saturated carbocycles. The molecule has 0 aliphatic carbocycles. The second-order valence-electron chi connectivity index (χ2n) is 5.98. The van der Waals surface area contributed by atoms with Gasteiger partial charge in [0.15, 0.2) is 0 Å². The van der Waals surface area contributed by atoms with Gasteiger partial charge in [-0.2, -0.15) is 0 Å². The normalized spacial score (nSPS) is 17.8. The minimum absolute atomic E-state index is 0.252. The van der Waals surface area contributed by atoms with Crippen LogP contribution in [-0.2, 0) is 6.54 Å². The molecular formula is C19H18F3N5O. The topological polar surface area (TPSA) is 63.0 Å². The maximum Gasteiger partial charge on any atom is 0.573 e. The number of anilines is 1. The predicted molar refractivity (Wildman–Crippen MR) is 101 cm³/mol. The third-order valence-electron chi connectivity index (χ3n) is 4.04. The average molecular weight is 389 g/mol. The fourth-order valence-electron chi connectivity index (χ4n) is 2.86. The van der Waals surface area contributed by atoms with Crippen molar-refractivity contribution in [2.24, 2.45) is 9.98 Å². The van der Waals surface area contributed by atoms with Gasteiger partial charge in [0, 0.05) is 61.1 Å². The van der Waals surface area contributed by atoms with Crippen LogP contribution in [0.3, 0.4) is 0 Å². The summed E-state index contributed by atoms with van der Waals surface area (Å²) in [5.74, 6) is 0.360. The van der Waals surface area contributed by atoms with Crippen molar-refractivity contribution in [3.05, 3.63) is 60.3 Å². The van der Waals surface area contributed by atoms with Crippen molar-refractivity contribution < 1.29 is 17.9 Å². The van der Waals surface area contributed by atoms with Gasteiger partial charge in [0.25, 0.3) is 0 Å². The standard InChI is InChI=1S/C19H18F3N5O/c1-23-11-14-13-27(15-4-2-5-16(10-15)28-19(20,21)22)9-6-17(14)26-12-18-24-7-3-8-25-18/h2-5,7-8,10-11H,1,6,9,12-13H2/b14-11-,26-17-. The van der Waals surface area contributed by atoms with Crippen LogP contribution in [-0.4, -0.2) is 41.8 Å². The van der Waals surface area contributed by atoms with Crippen LogP contribution in [0.1, 0.15) is 12.2 Å². The Morgan fingerprint density at radius 3 is 2.71 bits per heavy atom. The van der Waals surface area contributed by atoms with Gasteiger partial charge in [0.05, 0.1) is 6.54 Å². The molecule has 0 bridgehead atoms. The number of nitrogens with zero attached hydrogens (tertiary/aromatic N) is 5. The summed E-state index contributed by atoms with van der Waals surface area (Å²) in [5, 5.41) is 0. The molecule has 1 aromatic carbocycles. The first kappa shape index (κ1) is 19.5. The molecule has 9 heteroatoms. The third-order valence-corrected chi connectivity index (χ3v) is 4.04. The number of benzene rings is 1. The van der Waals surface area contributed by atoms with Crippen LogP contribution >= 0.6 is 0 Å². The van der Waals surface area contributed by atoms with E-state index in [0.29, 0.717) is 37.6 Å². The molecule has 2 aromatic rings. The summed E-state index contributed by atoms with van der Waals surface area (Å²) in [6.07, 6.45) is 0.815. The quantitative estimate of drug-likeness (QED) is 0.730. The molecule has 1 saturated heterocycles. The molecule has 6 nitrogen and oxygen atoms in total. The van der Waals surface area contributed by atoms with Gasteiger partial charge in [-0.1, -0.05) is 6.07 Å². The van der Waals surface area contributed by atoms with Crippen molar-refractivity contribution in [3.63, 3.8) is 0 Å². The average Bonchev–Trinajstić information content (AvgIpc) is 2.67. The lowest BCUT2D eigenvalue weighted by Gasteiger charge is -2.31. The summed E-state index contributed by atoms with van der Waals surface area (Å²) in [6.45, 7) is 4.88. The van der Waals surface area contributed by atoms with E-state index in [0.717, 1.165) is 11.3 Å². The number of halogens is 3. The molecule has 0 amide bonds. The summed E-state index contributed by atoms with van der Waals surface area (Å²) in [4.78, 5) is 18.7. The van der Waals surface area contributed by atoms with Gasteiger partial charge in [-0.3, -0.25) is 9.98 Å². The number of alkyl halides is 3. The van der Waals surface area contributed by atoms with Crippen LogP contribution in [0.25, 0.3) is 0 Å². The van der Waals surface area contributed by atoms with Crippen LogP contribution < -0.4 is 9.64 Å². The van der Waals surface area contributed by atoms with Gasteiger partial charge >= 0.3 is 6.36 Å². The summed E-state index contributed by atoms with van der Waals surface area (Å²) >= 11 is 0. The zero-order valence-electron chi connectivity index (χ0n) is 14.9. The van der Waals surface area contributed by atoms with Crippen molar-refractivity contribution in [1.29, 1.82) is 0 Å². The lowest BCUT2D eigenvalue weighted by molar-refractivity contribution is -0.274. The molecule has 3 rings (SSSR count). The number of rotatable bonds is 5. The van der Waals surface area contributed by atoms with Gasteiger partial charge in [0.2, 0.25) is 0 Å². The smallest absolute Gasteiger partial charge is 0.406 e. The number of hydrogen-bond acceptors (Lipinski definition) is 6. The summed E-state index contributed by atoms with van der Waals surface area (Å²) in [7, 11) is 0. The maximum absolute atomic E-state index is 12.5. The van der Waals surface area contributed by atoms with E-state index in [4.69, 9.17) is 0 Å². The minimum atomic E-state index is -4.72. The van der Waals surface area contributed by atoms with Crippen LogP contribution in [0, 0.1) is 0 Å². The molecule has 0 unspecified atom stereocenters. The largest absolute Gasteiger partial charge is 0.573 e. The summed E-state index contributed by atoms with van der Waals surface area (Å²) in [5.41, 5.74) is 2.33. The molecule has 1 aliphatic heterocycles. The Morgan fingerprint density at radius 2 is 2.00 bits per heavy atom. The maximum atomic E-state index is 12.5. The molecule has 1 fully saturated rings. The molecule has 2 heterocycles. The van der Waals surface area contributed by atoms with Crippen molar-refractivity contribution >= 4 is 18.1 Å². The fraction of sp³-hybridized carbons (Fsp3) is 0.263. The highest BCUT2D eigenvalue weighted by Crippen LogP contribution is 2.29. The molecule has 146 valence electrons. The molecule has 0 radical (unpaired) electrons. The van der Waals surface area contributed by atoms with E-state index < -0.39 is 6.36 Å². The Balaban J connectivity index is 1.75. The summed E-state index contributed by atoms with van der Waals surface area (Å²) < 4.78 is 41.4. The molecule has 0 N–H and O–H groups in total. The lowest BCUT2D eigenvalue weighted by atomic mass is 10.0. The first-order valence-corrected chi connectivity index (χ1v) is 8.50. The van der Waals surface area contributed by atoms with E-state index in [1.165, 1.54) is 18.2 Å². The van der Waals surface area contributed by atoms with E-state index >= 15 is 0 Å². The Hall–Kier alpha value is -3.23. The molecule has 0 spiro atoms. The number of piperidine rings is 1. The number of aromatic nitrogens is 2. The zero-order valence-corrected chi connectivity index (χ0v) is 14.9. The first-order valence-electron chi connectivity index (χ1n) is 8.50. The summed E-state index contributed by atoms with van der Waals surface area (Å²) in [6, 6.07) is 7.64. The minimum Gasteiger partial charge on any atom is -0.406 e. The van der Waals surface area contributed by atoms with Crippen LogP contribution in [0.2, 0.25) is 0 Å². The SMILES string of the molecule is C=N/C=C1/CN(c2cccc(OC(F)(F)F)c2)CC/C1=N/Cc1ncccn1. The number of ether oxygens (including phenoxy) is 1. The van der Waals surface area contributed by atoms with Gasteiger partial charge in [-0.25, -0.2) is 9.97 Å². The second-order valence-corrected chi connectivity index (χ2v) is 5.98. The van der Waals surface area contributed by atoms with E-state index in [2.05, 4.69) is 31.4 Å². The highest BCUT2D eigenvalue weighted by molar-refractivity contribution is 6.02. The van der Waals surface area contributed by atoms with E-state index in [1.807, 2.05) is 4.90 Å². The van der Waals surface area contributed by atoms with Gasteiger partial charge in [-0.15, -0.1) is 13.2 Å². The molecular weight excluding hydrogens is 371 g/mol. The molecule has 1 aromatic heterocycles. The van der Waals surface area contributed by atoms with Crippen molar-refractivity contribution in [2.45, 2.75) is 19.3 Å². The van der Waals surface area contributed by atoms with E-state index in [-0.39, 0.29) is 5.75 Å². The van der Waals surface area contributed by atoms with Crippen molar-refractivity contribution in [2.75, 3.05) is 18.0 Å². The monoisotopic (exact) mass is 389 g/mol. The van der Waals surface area contributed by atoms with Crippen LogP contribution in [0.15, 0.2) is 64.5 Å². The second kappa shape index (κ2) is 8.64. The Morgan fingerprint density at radius 1 is 1.21 bits per heavy atom. The molecule has 28 heavy (non-hydrogen) atoms. The number of aliphatic imine (C=N–C) groups is 2. The van der Waals surface area contributed by atoms with Gasteiger partial charge in [-0.05, 0) is 24.9 Å². The Labute approximate surface area is 160 Å². The van der Waals surface area contributed by atoms with Gasteiger partial charge in [0.1, 0.15) is 11.6 Å². The van der Waals surface area contributed by atoms with Crippen molar-refractivity contribution in [1.82, 2.24) is 9.97 Å². The lowest BCUT2D eigenvalue weighted by Crippen LogP contribution is -2.36. The highest BCUT2D eigenvalue weighted by atomic mass is 19.4. The Kier molecular flexibility index (Phi) is 6.03. The Bertz CT molecular complexity index is 881. The highest BCUT2D eigenvalue weighted by Gasteiger charge is 2.31. The van der Waals surface area contributed by atoms with Gasteiger partial charge < -0.3 is 9.64 Å². The zero-order chi connectivity index (χ0) is 20.0. The number of hydrogen-bond donors (Lipinski definition) is 0.